The quantitative estimate of drug-likeness (QED) is 0.843. The van der Waals surface area contributed by atoms with Gasteiger partial charge in [0.05, 0.1) is 17.1 Å². The molecule has 7 nitrogen and oxygen atoms in total. The summed E-state index contributed by atoms with van der Waals surface area (Å²) in [6.07, 6.45) is 1.61. The molecule has 1 aromatic heterocycles. The summed E-state index contributed by atoms with van der Waals surface area (Å²) in [5.74, 6) is -0.0662. The number of amides is 1. The molecule has 138 valence electrons. The lowest BCUT2D eigenvalue weighted by Gasteiger charge is -2.32. The average Bonchev–Trinajstić information content (AvgIpc) is 2.67. The Balaban J connectivity index is 1.65. The molecule has 2 aromatic rings. The van der Waals surface area contributed by atoms with Crippen LogP contribution in [0.15, 0.2) is 53.6 Å². The topological polar surface area (TPSA) is 82.6 Å². The fourth-order valence-corrected chi connectivity index (χ4v) is 3.72. The van der Waals surface area contributed by atoms with Crippen LogP contribution in [0.5, 0.6) is 0 Å². The van der Waals surface area contributed by atoms with Crippen molar-refractivity contribution >= 4 is 15.9 Å². The molecule has 0 atom stereocenters. The van der Waals surface area contributed by atoms with Crippen molar-refractivity contribution in [1.82, 2.24) is 19.5 Å². The molecule has 26 heavy (non-hydrogen) atoms. The predicted octanol–water partition coefficient (Wildman–Crippen LogP) is 0.948. The summed E-state index contributed by atoms with van der Waals surface area (Å²) in [6.45, 7) is 3.17. The number of likely N-dealkylation sites (N-methyl/N-ethyl adjacent to an activating group) is 1. The number of nitrogens with zero attached hydrogens (tertiary/aromatic N) is 3. The van der Waals surface area contributed by atoms with E-state index in [0.717, 1.165) is 13.1 Å². The van der Waals surface area contributed by atoms with Crippen LogP contribution in [0.2, 0.25) is 0 Å². The van der Waals surface area contributed by atoms with E-state index in [-0.39, 0.29) is 17.3 Å². The Morgan fingerprint density at radius 1 is 1.08 bits per heavy atom. The van der Waals surface area contributed by atoms with Crippen LogP contribution in [-0.2, 0) is 16.6 Å². The molecule has 1 N–H and O–H groups in total. The highest BCUT2D eigenvalue weighted by Gasteiger charge is 2.21. The zero-order chi connectivity index (χ0) is 18.6. The fourth-order valence-electron chi connectivity index (χ4n) is 2.72. The number of hydrogen-bond acceptors (Lipinski definition) is 5. The van der Waals surface area contributed by atoms with E-state index in [9.17, 15) is 13.2 Å². The second-order valence-corrected chi connectivity index (χ2v) is 8.03. The first kappa shape index (κ1) is 18.5. The minimum absolute atomic E-state index is 0.0662. The lowest BCUT2D eigenvalue weighted by atomic mass is 10.2. The first-order valence-electron chi connectivity index (χ1n) is 8.43. The van der Waals surface area contributed by atoms with Gasteiger partial charge in [-0.15, -0.1) is 0 Å². The number of hydrogen-bond donors (Lipinski definition) is 1. The first-order chi connectivity index (χ1) is 12.5. The Bertz CT molecular complexity index is 846. The lowest BCUT2D eigenvalue weighted by molar-refractivity contribution is 0.0664. The third-order valence-electron chi connectivity index (χ3n) is 4.37. The van der Waals surface area contributed by atoms with E-state index in [0.29, 0.717) is 24.3 Å². The maximum atomic E-state index is 12.5. The lowest BCUT2D eigenvalue weighted by Crippen LogP contribution is -2.47. The molecule has 1 aliphatic rings. The van der Waals surface area contributed by atoms with Crippen LogP contribution in [0.4, 0.5) is 0 Å². The van der Waals surface area contributed by atoms with Gasteiger partial charge in [0.2, 0.25) is 10.0 Å². The van der Waals surface area contributed by atoms with E-state index < -0.39 is 10.0 Å². The first-order valence-corrected chi connectivity index (χ1v) is 9.91. The number of carbonyl (C=O) groups excluding carboxylic acids is 1. The third kappa shape index (κ3) is 4.46. The summed E-state index contributed by atoms with van der Waals surface area (Å²) in [7, 11) is -1.63. The molecule has 1 aromatic carbocycles. The Morgan fingerprint density at radius 3 is 2.38 bits per heavy atom. The summed E-state index contributed by atoms with van der Waals surface area (Å²) >= 11 is 0. The second kappa shape index (κ2) is 7.94. The highest BCUT2D eigenvalue weighted by molar-refractivity contribution is 7.89. The zero-order valence-corrected chi connectivity index (χ0v) is 15.4. The van der Waals surface area contributed by atoms with Gasteiger partial charge < -0.3 is 9.80 Å². The summed E-state index contributed by atoms with van der Waals surface area (Å²) in [4.78, 5) is 20.7. The maximum absolute atomic E-state index is 12.5. The number of benzene rings is 1. The van der Waals surface area contributed by atoms with Gasteiger partial charge in [0, 0.05) is 37.9 Å². The van der Waals surface area contributed by atoms with Gasteiger partial charge in [0.15, 0.2) is 0 Å². The Morgan fingerprint density at radius 2 is 1.77 bits per heavy atom. The predicted molar refractivity (Wildman–Crippen MR) is 98.1 cm³/mol. The van der Waals surface area contributed by atoms with Crippen molar-refractivity contribution in [3.05, 3.63) is 59.9 Å². The molecule has 8 heteroatoms. The summed E-state index contributed by atoms with van der Waals surface area (Å²) in [5, 5.41) is 0. The maximum Gasteiger partial charge on any atom is 0.253 e. The van der Waals surface area contributed by atoms with Gasteiger partial charge in [-0.3, -0.25) is 9.78 Å². The second-order valence-electron chi connectivity index (χ2n) is 6.27. The molecule has 3 rings (SSSR count). The zero-order valence-electron chi connectivity index (χ0n) is 14.6. The van der Waals surface area contributed by atoms with Crippen LogP contribution in [0, 0.1) is 0 Å². The number of nitrogens with one attached hydrogen (secondary N) is 1. The molecule has 1 aliphatic heterocycles. The van der Waals surface area contributed by atoms with Crippen LogP contribution in [0.1, 0.15) is 16.1 Å². The number of sulfonamides is 1. The van der Waals surface area contributed by atoms with Crippen LogP contribution in [0.25, 0.3) is 0 Å². The smallest absolute Gasteiger partial charge is 0.253 e. The number of rotatable bonds is 5. The molecule has 0 bridgehead atoms. The van der Waals surface area contributed by atoms with Crippen molar-refractivity contribution < 1.29 is 13.2 Å². The summed E-state index contributed by atoms with van der Waals surface area (Å²) in [5.41, 5.74) is 1.14. The SMILES string of the molecule is CN1CCN(C(=O)c2ccc(S(=O)(=O)NCc3ccccn3)cc2)CC1. The normalized spacial score (nSPS) is 15.8. The largest absolute Gasteiger partial charge is 0.336 e. The number of carbonyl (C=O) groups is 1. The van der Waals surface area contributed by atoms with Crippen molar-refractivity contribution in [3.8, 4) is 0 Å². The number of aromatic nitrogens is 1. The van der Waals surface area contributed by atoms with Gasteiger partial charge in [0.1, 0.15) is 0 Å². The van der Waals surface area contributed by atoms with Crippen molar-refractivity contribution in [3.63, 3.8) is 0 Å². The van der Waals surface area contributed by atoms with Crippen molar-refractivity contribution in [2.45, 2.75) is 11.4 Å². The van der Waals surface area contributed by atoms with Gasteiger partial charge >= 0.3 is 0 Å². The van der Waals surface area contributed by atoms with E-state index in [1.165, 1.54) is 12.1 Å². The summed E-state index contributed by atoms with van der Waals surface area (Å²) < 4.78 is 27.3. The van der Waals surface area contributed by atoms with E-state index in [4.69, 9.17) is 0 Å². The van der Waals surface area contributed by atoms with Gasteiger partial charge in [-0.25, -0.2) is 13.1 Å². The van der Waals surface area contributed by atoms with Gasteiger partial charge in [0.25, 0.3) is 5.91 Å². The van der Waals surface area contributed by atoms with Gasteiger partial charge in [-0.1, -0.05) is 6.07 Å². The van der Waals surface area contributed by atoms with Crippen LogP contribution >= 0.6 is 0 Å². The van der Waals surface area contributed by atoms with E-state index in [2.05, 4.69) is 14.6 Å². The van der Waals surface area contributed by atoms with Crippen molar-refractivity contribution in [1.29, 1.82) is 0 Å². The molecule has 2 heterocycles. The van der Waals surface area contributed by atoms with Crippen LogP contribution < -0.4 is 4.72 Å². The third-order valence-corrected chi connectivity index (χ3v) is 5.79. The molecule has 0 unspecified atom stereocenters. The van der Waals surface area contributed by atoms with Crippen LogP contribution in [-0.4, -0.2) is 62.3 Å². The molecule has 1 saturated heterocycles. The van der Waals surface area contributed by atoms with E-state index in [1.54, 1.807) is 41.4 Å². The van der Waals surface area contributed by atoms with Crippen molar-refractivity contribution in [2.24, 2.45) is 0 Å². The Hall–Kier alpha value is -2.29. The Labute approximate surface area is 153 Å². The number of pyridine rings is 1. The van der Waals surface area contributed by atoms with E-state index in [1.807, 2.05) is 7.05 Å². The van der Waals surface area contributed by atoms with Gasteiger partial charge in [-0.05, 0) is 43.4 Å². The molecule has 0 saturated carbocycles. The molecule has 0 radical (unpaired) electrons. The minimum Gasteiger partial charge on any atom is -0.336 e. The molecule has 1 fully saturated rings. The summed E-state index contributed by atoms with van der Waals surface area (Å²) in [6, 6.07) is 11.4. The van der Waals surface area contributed by atoms with Crippen molar-refractivity contribution in [2.75, 3.05) is 33.2 Å². The van der Waals surface area contributed by atoms with Gasteiger partial charge in [-0.2, -0.15) is 0 Å². The standard InChI is InChI=1S/C18H22N4O3S/c1-21-10-12-22(13-11-21)18(23)15-5-7-17(8-6-15)26(24,25)20-14-16-4-2-3-9-19-16/h2-9,20H,10-14H2,1H3. The molecule has 0 aliphatic carbocycles. The fraction of sp³-hybridized carbons (Fsp3) is 0.333. The molecule has 0 spiro atoms. The molecular formula is C18H22N4O3S. The molecule has 1 amide bonds. The minimum atomic E-state index is -3.65. The average molecular weight is 374 g/mol. The van der Waals surface area contributed by atoms with E-state index >= 15 is 0 Å². The van der Waals surface area contributed by atoms with Crippen LogP contribution in [0.3, 0.4) is 0 Å². The highest BCUT2D eigenvalue weighted by Crippen LogP contribution is 2.14. The highest BCUT2D eigenvalue weighted by atomic mass is 32.2. The Kier molecular flexibility index (Phi) is 5.65. The molecular weight excluding hydrogens is 352 g/mol. The monoisotopic (exact) mass is 374 g/mol. The number of piperazine rings is 1.